The second-order valence-corrected chi connectivity index (χ2v) is 8.96. The number of hydrazone groups is 1. The molecule has 0 aliphatic rings. The van der Waals surface area contributed by atoms with Crippen LogP contribution in [0, 0.1) is 10.1 Å². The van der Waals surface area contributed by atoms with Gasteiger partial charge in [-0.05, 0) is 59.7 Å². The van der Waals surface area contributed by atoms with Crippen LogP contribution in [0.25, 0.3) is 22.0 Å². The van der Waals surface area contributed by atoms with Gasteiger partial charge in [0.1, 0.15) is 11.4 Å². The number of amides is 1. The highest BCUT2D eigenvalue weighted by molar-refractivity contribution is 6.10. The Hall–Kier alpha value is -5.97. The molecule has 0 unspecified atom stereocenters. The largest absolute Gasteiger partial charge is 0.497 e. The highest BCUT2D eigenvalue weighted by atomic mass is 16.6. The lowest BCUT2D eigenvalue weighted by molar-refractivity contribution is -0.384. The van der Waals surface area contributed by atoms with E-state index in [4.69, 9.17) is 14.2 Å². The van der Waals surface area contributed by atoms with Crippen molar-refractivity contribution in [2.45, 2.75) is 0 Å². The van der Waals surface area contributed by atoms with Gasteiger partial charge in [-0.1, -0.05) is 30.3 Å². The number of nitrogens with zero attached hydrogens (tertiary/aromatic N) is 2. The zero-order valence-electron chi connectivity index (χ0n) is 22.5. The molecule has 1 aromatic heterocycles. The minimum Gasteiger partial charge on any atom is -0.497 e. The van der Waals surface area contributed by atoms with E-state index in [2.05, 4.69) is 15.5 Å². The number of nitro groups is 1. The van der Waals surface area contributed by atoms with Gasteiger partial charge >= 0.3 is 5.97 Å². The molecule has 0 saturated heterocycles. The van der Waals surface area contributed by atoms with Gasteiger partial charge in [0, 0.05) is 28.6 Å². The van der Waals surface area contributed by atoms with Crippen LogP contribution in [0.3, 0.4) is 0 Å². The zero-order chi connectivity index (χ0) is 29.6. The van der Waals surface area contributed by atoms with E-state index in [1.54, 1.807) is 19.2 Å². The second-order valence-electron chi connectivity index (χ2n) is 8.96. The predicted molar refractivity (Wildman–Crippen MR) is 156 cm³/mol. The first-order valence-electron chi connectivity index (χ1n) is 12.6. The molecule has 11 nitrogen and oxygen atoms in total. The topological polar surface area (TPSA) is 145 Å². The summed E-state index contributed by atoms with van der Waals surface area (Å²) in [6, 6.07) is 24.9. The quantitative estimate of drug-likeness (QED) is 0.0763. The number of hydrogen-bond donors (Lipinski definition) is 2. The number of non-ortho nitro benzene ring substituents is 1. The zero-order valence-corrected chi connectivity index (χ0v) is 22.5. The number of nitro benzene ring substituents is 1. The highest BCUT2D eigenvalue weighted by Crippen LogP contribution is 2.34. The molecule has 0 spiro atoms. The van der Waals surface area contributed by atoms with Crippen LogP contribution in [-0.4, -0.2) is 42.2 Å². The Labute approximate surface area is 239 Å². The van der Waals surface area contributed by atoms with Crippen molar-refractivity contribution in [3.8, 4) is 28.4 Å². The van der Waals surface area contributed by atoms with Crippen molar-refractivity contribution in [1.82, 2.24) is 10.4 Å². The minimum absolute atomic E-state index is 0.138. The van der Waals surface area contributed by atoms with Crippen LogP contribution in [0.1, 0.15) is 26.4 Å². The number of carbonyl (C=O) groups excluding carboxylic acids is 2. The summed E-state index contributed by atoms with van der Waals surface area (Å²) in [5.41, 5.74) is 5.81. The highest BCUT2D eigenvalue weighted by Gasteiger charge is 2.20. The van der Waals surface area contributed by atoms with Crippen molar-refractivity contribution in [3.63, 3.8) is 0 Å². The Kier molecular flexibility index (Phi) is 7.91. The molecule has 0 aliphatic carbocycles. The second kappa shape index (κ2) is 12.0. The number of ether oxygens (including phenoxy) is 3. The number of fused-ring (bicyclic) bond motifs is 1. The Balaban J connectivity index is 1.33. The third kappa shape index (κ3) is 5.80. The number of benzene rings is 4. The van der Waals surface area contributed by atoms with Gasteiger partial charge in [-0.3, -0.25) is 14.9 Å². The number of rotatable bonds is 9. The van der Waals surface area contributed by atoms with E-state index in [0.29, 0.717) is 17.0 Å². The number of carbonyl (C=O) groups is 2. The SMILES string of the molecule is COc1ccc2[nH]c(C(=O)NN=Cc3ccc(OC(=O)c4ccc([N+](=O)[O-])cc4)c(OC)c3)c(-c3ccccc3)c2c1. The van der Waals surface area contributed by atoms with Gasteiger partial charge in [0.25, 0.3) is 11.6 Å². The predicted octanol–water partition coefficient (Wildman–Crippen LogP) is 5.74. The molecular weight excluding hydrogens is 540 g/mol. The lowest BCUT2D eigenvalue weighted by atomic mass is 10.0. The molecule has 2 N–H and O–H groups in total. The molecule has 11 heteroatoms. The monoisotopic (exact) mass is 564 g/mol. The average molecular weight is 565 g/mol. The standard InChI is InChI=1S/C31H24N4O7/c1-40-23-13-14-25-24(17-23)28(20-6-4-3-5-7-20)29(33-25)30(36)34-32-18-19-8-15-26(27(16-19)41-2)42-31(37)21-9-11-22(12-10-21)35(38)39/h3-18,33H,1-2H3,(H,34,36). The summed E-state index contributed by atoms with van der Waals surface area (Å²) in [5, 5.41) is 15.8. The van der Waals surface area contributed by atoms with Crippen LogP contribution in [-0.2, 0) is 0 Å². The molecule has 42 heavy (non-hydrogen) atoms. The summed E-state index contributed by atoms with van der Waals surface area (Å²) < 4.78 is 16.2. The Morgan fingerprint density at radius 1 is 0.905 bits per heavy atom. The molecule has 0 fully saturated rings. The summed E-state index contributed by atoms with van der Waals surface area (Å²) in [6.45, 7) is 0. The first-order chi connectivity index (χ1) is 20.4. The summed E-state index contributed by atoms with van der Waals surface area (Å²) in [5.74, 6) is -0.0954. The van der Waals surface area contributed by atoms with Crippen LogP contribution < -0.4 is 19.6 Å². The van der Waals surface area contributed by atoms with E-state index < -0.39 is 16.8 Å². The normalized spacial score (nSPS) is 10.9. The van der Waals surface area contributed by atoms with Crippen molar-refractivity contribution in [3.05, 3.63) is 118 Å². The van der Waals surface area contributed by atoms with Crippen molar-refractivity contribution in [2.75, 3.05) is 14.2 Å². The van der Waals surface area contributed by atoms with Crippen LogP contribution in [0.15, 0.2) is 96.1 Å². The van der Waals surface area contributed by atoms with E-state index in [-0.39, 0.29) is 22.7 Å². The van der Waals surface area contributed by atoms with Gasteiger partial charge in [0.2, 0.25) is 0 Å². The van der Waals surface area contributed by atoms with Gasteiger partial charge in [-0.25, -0.2) is 10.2 Å². The van der Waals surface area contributed by atoms with Crippen LogP contribution in [0.4, 0.5) is 5.69 Å². The van der Waals surface area contributed by atoms with Gasteiger partial charge in [0.05, 0.1) is 30.9 Å². The van der Waals surface area contributed by atoms with E-state index >= 15 is 0 Å². The number of esters is 1. The molecule has 5 rings (SSSR count). The fraction of sp³-hybridized carbons (Fsp3) is 0.0645. The lowest BCUT2D eigenvalue weighted by Crippen LogP contribution is -2.18. The number of hydrogen-bond acceptors (Lipinski definition) is 8. The molecule has 0 aliphatic heterocycles. The fourth-order valence-corrected chi connectivity index (χ4v) is 4.32. The van der Waals surface area contributed by atoms with Crippen LogP contribution in [0.2, 0.25) is 0 Å². The van der Waals surface area contributed by atoms with Crippen molar-refractivity contribution in [2.24, 2.45) is 5.10 Å². The smallest absolute Gasteiger partial charge is 0.343 e. The van der Waals surface area contributed by atoms with Gasteiger partial charge < -0.3 is 19.2 Å². The van der Waals surface area contributed by atoms with Gasteiger partial charge in [0.15, 0.2) is 11.5 Å². The Morgan fingerprint density at radius 2 is 1.67 bits per heavy atom. The molecule has 210 valence electrons. The third-order valence-electron chi connectivity index (χ3n) is 6.38. The molecular formula is C31H24N4O7. The van der Waals surface area contributed by atoms with Crippen molar-refractivity contribution in [1.29, 1.82) is 0 Å². The molecule has 5 aromatic rings. The van der Waals surface area contributed by atoms with Gasteiger partial charge in [-0.15, -0.1) is 0 Å². The number of nitrogens with one attached hydrogen (secondary N) is 2. The molecule has 1 heterocycles. The third-order valence-corrected chi connectivity index (χ3v) is 6.38. The summed E-state index contributed by atoms with van der Waals surface area (Å²) >= 11 is 0. The minimum atomic E-state index is -0.706. The number of aromatic amines is 1. The maximum Gasteiger partial charge on any atom is 0.343 e. The molecule has 0 atom stereocenters. The fourth-order valence-electron chi connectivity index (χ4n) is 4.32. The summed E-state index contributed by atoms with van der Waals surface area (Å²) in [7, 11) is 3.00. The summed E-state index contributed by atoms with van der Waals surface area (Å²) in [4.78, 5) is 39.2. The maximum atomic E-state index is 13.2. The van der Waals surface area contributed by atoms with Crippen LogP contribution >= 0.6 is 0 Å². The molecule has 0 bridgehead atoms. The Bertz CT molecular complexity index is 1810. The van der Waals surface area contributed by atoms with Crippen molar-refractivity contribution < 1.29 is 28.7 Å². The Morgan fingerprint density at radius 3 is 2.36 bits per heavy atom. The summed E-state index contributed by atoms with van der Waals surface area (Å²) in [6.07, 6.45) is 1.43. The van der Waals surface area contributed by atoms with Gasteiger partial charge in [-0.2, -0.15) is 5.10 Å². The average Bonchev–Trinajstić information content (AvgIpc) is 3.41. The van der Waals surface area contributed by atoms with Crippen molar-refractivity contribution >= 4 is 34.7 Å². The number of aromatic nitrogens is 1. The maximum absolute atomic E-state index is 13.2. The first-order valence-corrected chi connectivity index (χ1v) is 12.6. The van der Waals surface area contributed by atoms with E-state index in [0.717, 1.165) is 22.0 Å². The van der Waals surface area contributed by atoms with E-state index in [9.17, 15) is 19.7 Å². The molecule has 1 amide bonds. The molecule has 0 radical (unpaired) electrons. The molecule has 4 aromatic carbocycles. The van der Waals surface area contributed by atoms with E-state index in [1.165, 1.54) is 43.7 Å². The van der Waals surface area contributed by atoms with E-state index in [1.807, 2.05) is 48.5 Å². The number of H-pyrrole nitrogens is 1. The lowest BCUT2D eigenvalue weighted by Gasteiger charge is -2.10. The van der Waals surface area contributed by atoms with Crippen LogP contribution in [0.5, 0.6) is 17.2 Å². The molecule has 0 saturated carbocycles. The number of methoxy groups -OCH3 is 2. The first kappa shape index (κ1) is 27.6.